The van der Waals surface area contributed by atoms with E-state index in [1.165, 1.54) is 11.3 Å². The molecule has 1 aromatic rings. The predicted molar refractivity (Wildman–Crippen MR) is 67.4 cm³/mol. The van der Waals surface area contributed by atoms with Crippen molar-refractivity contribution in [1.82, 2.24) is 4.90 Å². The van der Waals surface area contributed by atoms with Crippen molar-refractivity contribution < 1.29 is 0 Å². The minimum absolute atomic E-state index is 0.0282. The third-order valence-corrected chi connectivity index (χ3v) is 3.86. The molecule has 86 valence electrons. The van der Waals surface area contributed by atoms with Gasteiger partial charge in [-0.25, -0.2) is 0 Å². The highest BCUT2D eigenvalue weighted by molar-refractivity contribution is 5.68. The molecular weight excluding hydrogens is 210 g/mol. The van der Waals surface area contributed by atoms with Crippen LogP contribution in [0.15, 0.2) is 30.6 Å². The Kier molecular flexibility index (Phi) is 1.83. The molecular formula is C14H15N3. The number of nitrogens with zero attached hydrogens (tertiary/aromatic N) is 3. The standard InChI is InChI=1S/C14H15N3/c1-14(2)11-8-10(9-15)4-5-12(11)17-7-6-16(3)13(14)17/h4-8,13H,1-3H3. The monoisotopic (exact) mass is 225 g/mol. The van der Waals surface area contributed by atoms with Crippen molar-refractivity contribution in [3.8, 4) is 6.07 Å². The third kappa shape index (κ3) is 1.15. The SMILES string of the molecule is CN1C=CN2c3ccc(C#N)cc3C(C)(C)C12. The van der Waals surface area contributed by atoms with Gasteiger partial charge in [-0.2, -0.15) is 5.26 Å². The van der Waals surface area contributed by atoms with Gasteiger partial charge in [0, 0.05) is 30.5 Å². The fraction of sp³-hybridized carbons (Fsp3) is 0.357. The Labute approximate surface area is 102 Å². The third-order valence-electron chi connectivity index (χ3n) is 3.86. The Morgan fingerprint density at radius 2 is 2.06 bits per heavy atom. The topological polar surface area (TPSA) is 30.3 Å². The maximum Gasteiger partial charge on any atom is 0.114 e. The van der Waals surface area contributed by atoms with Gasteiger partial charge in [-0.1, -0.05) is 13.8 Å². The van der Waals surface area contributed by atoms with Crippen LogP contribution in [-0.4, -0.2) is 18.1 Å². The first-order chi connectivity index (χ1) is 8.05. The molecule has 0 fully saturated rings. The second-order valence-electron chi connectivity index (χ2n) is 5.31. The van der Waals surface area contributed by atoms with E-state index in [1.807, 2.05) is 12.1 Å². The smallest absolute Gasteiger partial charge is 0.114 e. The summed E-state index contributed by atoms with van der Waals surface area (Å²) in [5.41, 5.74) is 3.25. The van der Waals surface area contributed by atoms with Crippen LogP contribution in [-0.2, 0) is 5.41 Å². The van der Waals surface area contributed by atoms with Gasteiger partial charge >= 0.3 is 0 Å². The van der Waals surface area contributed by atoms with Crippen molar-refractivity contribution >= 4 is 5.69 Å². The molecule has 1 unspecified atom stereocenters. The van der Waals surface area contributed by atoms with Crippen molar-refractivity contribution in [2.45, 2.75) is 25.4 Å². The van der Waals surface area contributed by atoms with Crippen LogP contribution >= 0.6 is 0 Å². The van der Waals surface area contributed by atoms with Crippen LogP contribution in [0.1, 0.15) is 25.0 Å². The lowest BCUT2D eigenvalue weighted by Crippen LogP contribution is -2.44. The van der Waals surface area contributed by atoms with E-state index in [-0.39, 0.29) is 5.41 Å². The van der Waals surface area contributed by atoms with Gasteiger partial charge in [0.1, 0.15) is 6.17 Å². The van der Waals surface area contributed by atoms with Crippen molar-refractivity contribution in [2.24, 2.45) is 0 Å². The van der Waals surface area contributed by atoms with Crippen LogP contribution in [0.3, 0.4) is 0 Å². The van der Waals surface area contributed by atoms with Crippen LogP contribution in [0, 0.1) is 11.3 Å². The Hall–Kier alpha value is -1.95. The van der Waals surface area contributed by atoms with Crippen LogP contribution < -0.4 is 4.90 Å². The highest BCUT2D eigenvalue weighted by Crippen LogP contribution is 2.48. The van der Waals surface area contributed by atoms with E-state index < -0.39 is 0 Å². The molecule has 0 bridgehead atoms. The summed E-state index contributed by atoms with van der Waals surface area (Å²) >= 11 is 0. The second-order valence-corrected chi connectivity index (χ2v) is 5.31. The van der Waals surface area contributed by atoms with Gasteiger partial charge < -0.3 is 9.80 Å². The lowest BCUT2D eigenvalue weighted by Gasteiger charge is -2.34. The van der Waals surface area contributed by atoms with E-state index in [0.29, 0.717) is 6.17 Å². The number of fused-ring (bicyclic) bond motifs is 3. The summed E-state index contributed by atoms with van der Waals surface area (Å²) in [7, 11) is 2.10. The molecule has 0 aromatic heterocycles. The molecule has 0 spiro atoms. The molecule has 0 amide bonds. The number of hydrogen-bond acceptors (Lipinski definition) is 3. The minimum atomic E-state index is 0.0282. The highest BCUT2D eigenvalue weighted by Gasteiger charge is 2.47. The molecule has 1 atom stereocenters. The first kappa shape index (κ1) is 10.2. The lowest BCUT2D eigenvalue weighted by atomic mass is 9.83. The van der Waals surface area contributed by atoms with E-state index >= 15 is 0 Å². The Bertz CT molecular complexity index is 551. The summed E-state index contributed by atoms with van der Waals surface area (Å²) in [4.78, 5) is 4.52. The van der Waals surface area contributed by atoms with Crippen LogP contribution in [0.5, 0.6) is 0 Å². The number of benzene rings is 1. The summed E-state index contributed by atoms with van der Waals surface area (Å²) in [6.45, 7) is 4.47. The molecule has 17 heavy (non-hydrogen) atoms. The normalized spacial score (nSPS) is 23.5. The van der Waals surface area contributed by atoms with E-state index in [4.69, 9.17) is 5.26 Å². The summed E-state index contributed by atoms with van der Waals surface area (Å²) in [6, 6.07) is 8.19. The highest BCUT2D eigenvalue weighted by atomic mass is 15.4. The van der Waals surface area contributed by atoms with Crippen molar-refractivity contribution in [1.29, 1.82) is 5.26 Å². The predicted octanol–water partition coefficient (Wildman–Crippen LogP) is 2.40. The Balaban J connectivity index is 2.21. The summed E-state index contributed by atoms with van der Waals surface area (Å²) in [6.07, 6.45) is 4.55. The van der Waals surface area contributed by atoms with E-state index in [1.54, 1.807) is 0 Å². The molecule has 0 N–H and O–H groups in total. The molecule has 0 saturated heterocycles. The van der Waals surface area contributed by atoms with Gasteiger partial charge in [0.25, 0.3) is 0 Å². The van der Waals surface area contributed by atoms with E-state index in [2.05, 4.69) is 55.2 Å². The van der Waals surface area contributed by atoms with Crippen LogP contribution in [0.4, 0.5) is 5.69 Å². The van der Waals surface area contributed by atoms with Crippen LogP contribution in [0.25, 0.3) is 0 Å². The molecule has 3 heteroatoms. The van der Waals surface area contributed by atoms with Gasteiger partial charge in [0.2, 0.25) is 0 Å². The van der Waals surface area contributed by atoms with Gasteiger partial charge in [0.15, 0.2) is 0 Å². The number of rotatable bonds is 0. The van der Waals surface area contributed by atoms with Gasteiger partial charge in [-0.15, -0.1) is 0 Å². The fourth-order valence-electron chi connectivity index (χ4n) is 3.09. The summed E-state index contributed by atoms with van der Waals surface area (Å²) < 4.78 is 0. The fourth-order valence-corrected chi connectivity index (χ4v) is 3.09. The quantitative estimate of drug-likeness (QED) is 0.679. The largest absolute Gasteiger partial charge is 0.358 e. The second kappa shape index (κ2) is 3.04. The van der Waals surface area contributed by atoms with Crippen molar-refractivity contribution in [3.63, 3.8) is 0 Å². The number of hydrogen-bond donors (Lipinski definition) is 0. The molecule has 0 radical (unpaired) electrons. The molecule has 3 rings (SSSR count). The molecule has 0 saturated carbocycles. The first-order valence-electron chi connectivity index (χ1n) is 5.79. The van der Waals surface area contributed by atoms with E-state index in [9.17, 15) is 0 Å². The minimum Gasteiger partial charge on any atom is -0.358 e. The molecule has 2 aliphatic heterocycles. The van der Waals surface area contributed by atoms with Gasteiger partial charge in [0.05, 0.1) is 11.6 Å². The van der Waals surface area contributed by atoms with Crippen LogP contribution in [0.2, 0.25) is 0 Å². The average molecular weight is 225 g/mol. The van der Waals surface area contributed by atoms with Crippen molar-refractivity contribution in [2.75, 3.05) is 11.9 Å². The maximum absolute atomic E-state index is 9.01. The Morgan fingerprint density at radius 1 is 1.29 bits per heavy atom. The molecule has 1 aromatic carbocycles. The zero-order valence-corrected chi connectivity index (χ0v) is 10.3. The van der Waals surface area contributed by atoms with E-state index in [0.717, 1.165) is 5.56 Å². The maximum atomic E-state index is 9.01. The first-order valence-corrected chi connectivity index (χ1v) is 5.79. The van der Waals surface area contributed by atoms with Crippen molar-refractivity contribution in [3.05, 3.63) is 41.7 Å². The lowest BCUT2D eigenvalue weighted by molar-refractivity contribution is 0.261. The summed E-state index contributed by atoms with van der Waals surface area (Å²) in [5.74, 6) is 0. The van der Waals surface area contributed by atoms with Gasteiger partial charge in [-0.3, -0.25) is 0 Å². The van der Waals surface area contributed by atoms with Gasteiger partial charge in [-0.05, 0) is 23.8 Å². The zero-order valence-electron chi connectivity index (χ0n) is 10.3. The average Bonchev–Trinajstić information content (AvgIpc) is 2.79. The molecule has 2 aliphatic rings. The zero-order chi connectivity index (χ0) is 12.2. The number of anilines is 1. The number of nitriles is 1. The molecule has 2 heterocycles. The summed E-state index contributed by atoms with van der Waals surface area (Å²) in [5, 5.41) is 9.01. The molecule has 3 nitrogen and oxygen atoms in total. The Morgan fingerprint density at radius 3 is 2.76 bits per heavy atom. The molecule has 0 aliphatic carbocycles. The number of likely N-dealkylation sites (N-methyl/N-ethyl adjacent to an activating group) is 1.